The number of aliphatic hydroxyl groups is 2. The van der Waals surface area contributed by atoms with Gasteiger partial charge in [0.2, 0.25) is 0 Å². The quantitative estimate of drug-likeness (QED) is 0.831. The molecular formula is C11H11BrFNO2. The zero-order chi connectivity index (χ0) is 12.1. The van der Waals surface area contributed by atoms with Crippen LogP contribution in [0.2, 0.25) is 0 Å². The number of hydrogen-bond acceptors (Lipinski definition) is 3. The summed E-state index contributed by atoms with van der Waals surface area (Å²) in [6.07, 6.45) is -1.81. The number of nitrogens with zero attached hydrogens (tertiary/aromatic N) is 1. The fraction of sp³-hybridized carbons (Fsp3) is 0.364. The van der Waals surface area contributed by atoms with Gasteiger partial charge in [-0.25, -0.2) is 4.39 Å². The molecule has 2 N–H and O–H groups in total. The second-order valence-electron chi connectivity index (χ2n) is 3.37. The first-order chi connectivity index (χ1) is 7.58. The molecule has 0 amide bonds. The van der Waals surface area contributed by atoms with Crippen LogP contribution in [0, 0.1) is 17.1 Å². The van der Waals surface area contributed by atoms with Gasteiger partial charge in [0.15, 0.2) is 0 Å². The van der Waals surface area contributed by atoms with E-state index in [4.69, 9.17) is 5.26 Å². The molecule has 0 spiro atoms. The van der Waals surface area contributed by atoms with Gasteiger partial charge in [-0.15, -0.1) is 0 Å². The second-order valence-corrected chi connectivity index (χ2v) is 4.17. The van der Waals surface area contributed by atoms with Crippen molar-refractivity contribution in [1.82, 2.24) is 0 Å². The summed E-state index contributed by atoms with van der Waals surface area (Å²) in [6, 6.07) is 5.35. The highest BCUT2D eigenvalue weighted by atomic mass is 79.9. The van der Waals surface area contributed by atoms with Gasteiger partial charge in [0.1, 0.15) is 11.9 Å². The number of nitriles is 1. The maximum Gasteiger partial charge on any atom is 0.124 e. The van der Waals surface area contributed by atoms with Crippen molar-refractivity contribution in [3.8, 4) is 6.07 Å². The first-order valence-corrected chi connectivity index (χ1v) is 5.83. The van der Waals surface area contributed by atoms with Crippen LogP contribution in [0.3, 0.4) is 0 Å². The average Bonchev–Trinajstić information content (AvgIpc) is 2.27. The van der Waals surface area contributed by atoms with Crippen molar-refractivity contribution in [3.63, 3.8) is 0 Å². The number of aliphatic hydroxyl groups excluding tert-OH is 2. The highest BCUT2D eigenvalue weighted by Crippen LogP contribution is 2.21. The summed E-state index contributed by atoms with van der Waals surface area (Å²) in [5.41, 5.74) is 0.338. The van der Waals surface area contributed by atoms with Crippen LogP contribution in [0.1, 0.15) is 23.7 Å². The predicted octanol–water partition coefficient (Wildman–Crippen LogP) is 1.88. The van der Waals surface area contributed by atoms with Crippen molar-refractivity contribution < 1.29 is 14.6 Å². The Bertz CT molecular complexity index is 405. The molecule has 2 unspecified atom stereocenters. The molecule has 1 aromatic rings. The molecule has 0 aliphatic heterocycles. The number of rotatable bonds is 4. The maximum absolute atomic E-state index is 13.1. The zero-order valence-electron chi connectivity index (χ0n) is 8.40. The molecule has 0 saturated heterocycles. The minimum atomic E-state index is -1.18. The highest BCUT2D eigenvalue weighted by Gasteiger charge is 2.18. The van der Waals surface area contributed by atoms with Gasteiger partial charge in [0.25, 0.3) is 0 Å². The van der Waals surface area contributed by atoms with Crippen LogP contribution in [0.15, 0.2) is 18.2 Å². The summed E-state index contributed by atoms with van der Waals surface area (Å²) in [5, 5.41) is 28.4. The average molecular weight is 288 g/mol. The fourth-order valence-corrected chi connectivity index (χ4v) is 1.81. The van der Waals surface area contributed by atoms with Crippen LogP contribution >= 0.6 is 15.9 Å². The van der Waals surface area contributed by atoms with Crippen molar-refractivity contribution in [3.05, 3.63) is 35.1 Å². The molecule has 1 rings (SSSR count). The third-order valence-electron chi connectivity index (χ3n) is 2.16. The number of halogens is 2. The number of alkyl halides is 1. The van der Waals surface area contributed by atoms with Crippen molar-refractivity contribution in [2.24, 2.45) is 0 Å². The van der Waals surface area contributed by atoms with E-state index in [1.165, 1.54) is 6.07 Å². The van der Waals surface area contributed by atoms with E-state index in [0.717, 1.165) is 12.1 Å². The number of benzene rings is 1. The Morgan fingerprint density at radius 2 is 2.06 bits per heavy atom. The summed E-state index contributed by atoms with van der Waals surface area (Å²) in [7, 11) is 0. The Balaban J connectivity index is 2.95. The van der Waals surface area contributed by atoms with Crippen molar-refractivity contribution >= 4 is 15.9 Å². The van der Waals surface area contributed by atoms with Crippen LogP contribution in [-0.4, -0.2) is 21.6 Å². The smallest absolute Gasteiger partial charge is 0.124 e. The second kappa shape index (κ2) is 5.94. The van der Waals surface area contributed by atoms with Crippen molar-refractivity contribution in [2.45, 2.75) is 18.6 Å². The molecule has 86 valence electrons. The molecule has 2 atom stereocenters. The summed E-state index contributed by atoms with van der Waals surface area (Å²) < 4.78 is 13.1. The van der Waals surface area contributed by atoms with E-state index < -0.39 is 18.0 Å². The Morgan fingerprint density at radius 3 is 2.62 bits per heavy atom. The Hall–Kier alpha value is -0.960. The van der Waals surface area contributed by atoms with Gasteiger partial charge in [-0.2, -0.15) is 5.26 Å². The predicted molar refractivity (Wildman–Crippen MR) is 60.5 cm³/mol. The molecule has 0 bridgehead atoms. The van der Waals surface area contributed by atoms with Gasteiger partial charge in [-0.1, -0.05) is 15.9 Å². The first kappa shape index (κ1) is 13.1. The van der Waals surface area contributed by atoms with Gasteiger partial charge in [0, 0.05) is 5.33 Å². The standard InChI is InChI=1S/C11H11BrFNO2/c12-2-1-10(15)11(16)8-3-7(6-14)4-9(13)5-8/h3-5,10-11,15-16H,1-2H2. The molecule has 0 aliphatic carbocycles. The lowest BCUT2D eigenvalue weighted by molar-refractivity contribution is 0.0172. The summed E-state index contributed by atoms with van der Waals surface area (Å²) in [5.74, 6) is -0.598. The molecule has 0 heterocycles. The summed E-state index contributed by atoms with van der Waals surface area (Å²) in [6.45, 7) is 0. The SMILES string of the molecule is N#Cc1cc(F)cc(C(O)C(O)CCBr)c1. The van der Waals surface area contributed by atoms with Crippen molar-refractivity contribution in [1.29, 1.82) is 5.26 Å². The molecule has 0 aliphatic rings. The van der Waals surface area contributed by atoms with E-state index in [9.17, 15) is 14.6 Å². The van der Waals surface area contributed by atoms with E-state index in [0.29, 0.717) is 11.8 Å². The lowest BCUT2D eigenvalue weighted by Crippen LogP contribution is -2.18. The van der Waals surface area contributed by atoms with Gasteiger partial charge < -0.3 is 10.2 Å². The number of hydrogen-bond donors (Lipinski definition) is 2. The highest BCUT2D eigenvalue weighted by molar-refractivity contribution is 9.09. The van der Waals surface area contributed by atoms with E-state index >= 15 is 0 Å². The van der Waals surface area contributed by atoms with E-state index in [-0.39, 0.29) is 11.1 Å². The van der Waals surface area contributed by atoms with Crippen LogP contribution in [0.5, 0.6) is 0 Å². The largest absolute Gasteiger partial charge is 0.390 e. The van der Waals surface area contributed by atoms with E-state index in [1.54, 1.807) is 6.07 Å². The third-order valence-corrected chi connectivity index (χ3v) is 2.62. The normalized spacial score (nSPS) is 14.2. The van der Waals surface area contributed by atoms with Gasteiger partial charge >= 0.3 is 0 Å². The molecule has 1 aromatic carbocycles. The van der Waals surface area contributed by atoms with E-state index in [1.807, 2.05) is 0 Å². The van der Waals surface area contributed by atoms with Gasteiger partial charge in [0.05, 0.1) is 17.7 Å². The van der Waals surface area contributed by atoms with Crippen LogP contribution in [0.25, 0.3) is 0 Å². The van der Waals surface area contributed by atoms with Crippen molar-refractivity contribution in [2.75, 3.05) is 5.33 Å². The molecule has 3 nitrogen and oxygen atoms in total. The lowest BCUT2D eigenvalue weighted by Gasteiger charge is -2.17. The minimum absolute atomic E-state index is 0.125. The lowest BCUT2D eigenvalue weighted by atomic mass is 10.0. The van der Waals surface area contributed by atoms with Crippen LogP contribution in [0.4, 0.5) is 4.39 Å². The molecule has 16 heavy (non-hydrogen) atoms. The molecule has 0 radical (unpaired) electrons. The zero-order valence-corrected chi connectivity index (χ0v) is 9.98. The fourth-order valence-electron chi connectivity index (χ4n) is 1.34. The molecule has 0 fully saturated rings. The monoisotopic (exact) mass is 287 g/mol. The molecule has 0 aromatic heterocycles. The molecule has 5 heteroatoms. The topological polar surface area (TPSA) is 64.2 Å². The van der Waals surface area contributed by atoms with Gasteiger partial charge in [-0.3, -0.25) is 0 Å². The Kier molecular flexibility index (Phi) is 4.87. The minimum Gasteiger partial charge on any atom is -0.390 e. The van der Waals surface area contributed by atoms with E-state index in [2.05, 4.69) is 15.9 Å². The molecule has 0 saturated carbocycles. The first-order valence-electron chi connectivity index (χ1n) is 4.71. The third kappa shape index (κ3) is 3.27. The van der Waals surface area contributed by atoms with Crippen LogP contribution in [-0.2, 0) is 0 Å². The van der Waals surface area contributed by atoms with Crippen LogP contribution < -0.4 is 0 Å². The Morgan fingerprint density at radius 1 is 1.38 bits per heavy atom. The Labute approximate surface area is 101 Å². The maximum atomic E-state index is 13.1. The summed E-state index contributed by atoms with van der Waals surface area (Å²) >= 11 is 3.14. The molecular weight excluding hydrogens is 277 g/mol. The van der Waals surface area contributed by atoms with Gasteiger partial charge in [-0.05, 0) is 30.2 Å². The summed E-state index contributed by atoms with van der Waals surface area (Å²) in [4.78, 5) is 0.